The number of unbranched alkanes of at least 4 members (excludes halogenated alkanes) is 8. The summed E-state index contributed by atoms with van der Waals surface area (Å²) < 4.78 is 0. The van der Waals surface area contributed by atoms with Crippen LogP contribution in [0.3, 0.4) is 0 Å². The van der Waals surface area contributed by atoms with Crippen molar-refractivity contribution in [3.63, 3.8) is 0 Å². The summed E-state index contributed by atoms with van der Waals surface area (Å²) in [7, 11) is 0. The fraction of sp³-hybridized carbons (Fsp3) is 0.654. The van der Waals surface area contributed by atoms with Crippen LogP contribution >= 0.6 is 0 Å². The Bertz CT molecular complexity index is 737. The summed E-state index contributed by atoms with van der Waals surface area (Å²) in [5, 5.41) is 2.94. The highest BCUT2D eigenvalue weighted by Crippen LogP contribution is 2.40. The number of imide groups is 1. The Labute approximate surface area is 187 Å². The molecule has 1 heterocycles. The lowest BCUT2D eigenvalue weighted by molar-refractivity contribution is -0.122. The maximum absolute atomic E-state index is 12.8. The van der Waals surface area contributed by atoms with Gasteiger partial charge < -0.3 is 5.32 Å². The molecular weight excluding hydrogens is 388 g/mol. The number of nitrogens with one attached hydrogen (secondary N) is 1. The number of amides is 3. The molecule has 0 unspecified atom stereocenters. The van der Waals surface area contributed by atoms with E-state index in [0.29, 0.717) is 17.8 Å². The minimum atomic E-state index is -0.161. The van der Waals surface area contributed by atoms with E-state index in [0.717, 1.165) is 38.5 Å². The molecule has 1 saturated carbocycles. The Morgan fingerprint density at radius 2 is 1.48 bits per heavy atom. The van der Waals surface area contributed by atoms with Gasteiger partial charge in [0.2, 0.25) is 17.7 Å². The van der Waals surface area contributed by atoms with E-state index in [1.807, 2.05) is 6.07 Å². The maximum atomic E-state index is 12.8. The Morgan fingerprint density at radius 1 is 0.903 bits per heavy atom. The first-order valence-corrected chi connectivity index (χ1v) is 12.4. The van der Waals surface area contributed by atoms with Gasteiger partial charge in [0.25, 0.3) is 0 Å². The zero-order valence-corrected chi connectivity index (χ0v) is 19.0. The zero-order chi connectivity index (χ0) is 22.1. The Kier molecular flexibility index (Phi) is 9.11. The zero-order valence-electron chi connectivity index (χ0n) is 19.0. The molecule has 1 aliphatic carbocycles. The van der Waals surface area contributed by atoms with E-state index in [1.54, 1.807) is 18.2 Å². The molecule has 170 valence electrons. The third-order valence-corrected chi connectivity index (χ3v) is 6.74. The van der Waals surface area contributed by atoms with Crippen LogP contribution in [0, 0.1) is 11.8 Å². The van der Waals surface area contributed by atoms with Gasteiger partial charge in [-0.3, -0.25) is 14.4 Å². The molecule has 0 aromatic heterocycles. The number of carbonyl (C=O) groups excluding carboxylic acids is 3. The molecule has 5 nitrogen and oxygen atoms in total. The first kappa shape index (κ1) is 23.5. The molecule has 0 bridgehead atoms. The topological polar surface area (TPSA) is 66.5 Å². The van der Waals surface area contributed by atoms with E-state index in [-0.39, 0.29) is 29.6 Å². The smallest absolute Gasteiger partial charge is 0.237 e. The summed E-state index contributed by atoms with van der Waals surface area (Å²) in [5.74, 6) is -0.481. The monoisotopic (exact) mass is 426 g/mol. The second-order valence-electron chi connectivity index (χ2n) is 9.19. The molecule has 2 aliphatic rings. The maximum Gasteiger partial charge on any atom is 0.237 e. The van der Waals surface area contributed by atoms with Crippen LogP contribution in [0.25, 0.3) is 0 Å². The quantitative estimate of drug-likeness (QED) is 0.318. The number of anilines is 2. The van der Waals surface area contributed by atoms with Gasteiger partial charge in [0, 0.05) is 12.1 Å². The largest absolute Gasteiger partial charge is 0.326 e. The van der Waals surface area contributed by atoms with Crippen molar-refractivity contribution in [2.24, 2.45) is 11.8 Å². The third-order valence-electron chi connectivity index (χ3n) is 6.74. The fourth-order valence-electron chi connectivity index (χ4n) is 4.96. The highest BCUT2D eigenvalue weighted by molar-refractivity contribution is 6.22. The molecule has 2 atom stereocenters. The van der Waals surface area contributed by atoms with Gasteiger partial charge in [-0.25, -0.2) is 4.90 Å². The number of nitrogens with zero attached hydrogens (tertiary/aromatic N) is 1. The summed E-state index contributed by atoms with van der Waals surface area (Å²) in [6.07, 6.45) is 15.2. The van der Waals surface area contributed by atoms with Gasteiger partial charge in [0.05, 0.1) is 17.5 Å². The molecule has 0 spiro atoms. The summed E-state index contributed by atoms with van der Waals surface area (Å²) in [6.45, 7) is 2.23. The number of benzene rings is 1. The van der Waals surface area contributed by atoms with Crippen molar-refractivity contribution in [3.05, 3.63) is 24.3 Å². The van der Waals surface area contributed by atoms with E-state index >= 15 is 0 Å². The highest BCUT2D eigenvalue weighted by atomic mass is 16.2. The lowest BCUT2D eigenvalue weighted by Gasteiger charge is -2.19. The molecule has 31 heavy (non-hydrogen) atoms. The van der Waals surface area contributed by atoms with Crippen molar-refractivity contribution >= 4 is 29.1 Å². The predicted molar refractivity (Wildman–Crippen MR) is 125 cm³/mol. The van der Waals surface area contributed by atoms with E-state index in [4.69, 9.17) is 0 Å². The van der Waals surface area contributed by atoms with Gasteiger partial charge in [-0.15, -0.1) is 0 Å². The molecule has 1 aromatic carbocycles. The standard InChI is InChI=1S/C26H38N2O3/c1-2-3-4-5-6-7-8-9-10-18-24(29)27-20-14-13-15-21(19-20)28-25(30)22-16-11-12-17-23(22)26(28)31/h13-15,19,22-23H,2-12,16-18H2,1H3,(H,27,29)/t22-,23-/m0/s1. The van der Waals surface area contributed by atoms with Crippen molar-refractivity contribution in [3.8, 4) is 0 Å². The average molecular weight is 427 g/mol. The van der Waals surface area contributed by atoms with E-state index in [9.17, 15) is 14.4 Å². The molecule has 1 aliphatic heterocycles. The summed E-state index contributed by atoms with van der Waals surface area (Å²) in [5.41, 5.74) is 1.22. The van der Waals surface area contributed by atoms with Crippen LogP contribution in [0.5, 0.6) is 0 Å². The van der Waals surface area contributed by atoms with Crippen molar-refractivity contribution in [1.29, 1.82) is 0 Å². The average Bonchev–Trinajstić information content (AvgIpc) is 3.03. The first-order chi connectivity index (χ1) is 15.1. The van der Waals surface area contributed by atoms with Crippen LogP contribution in [-0.2, 0) is 14.4 Å². The van der Waals surface area contributed by atoms with Gasteiger partial charge in [-0.2, -0.15) is 0 Å². The molecule has 3 amide bonds. The fourth-order valence-corrected chi connectivity index (χ4v) is 4.96. The van der Waals surface area contributed by atoms with Crippen LogP contribution in [0.1, 0.15) is 96.8 Å². The summed E-state index contributed by atoms with van der Waals surface area (Å²) in [6, 6.07) is 7.15. The van der Waals surface area contributed by atoms with Crippen LogP contribution in [-0.4, -0.2) is 17.7 Å². The van der Waals surface area contributed by atoms with Crippen molar-refractivity contribution in [2.45, 2.75) is 96.8 Å². The van der Waals surface area contributed by atoms with E-state index in [1.165, 1.54) is 49.8 Å². The first-order valence-electron chi connectivity index (χ1n) is 12.4. The number of carbonyl (C=O) groups is 3. The Morgan fingerprint density at radius 3 is 2.10 bits per heavy atom. The van der Waals surface area contributed by atoms with Gasteiger partial charge in [-0.05, 0) is 37.5 Å². The second kappa shape index (κ2) is 12.0. The van der Waals surface area contributed by atoms with Crippen molar-refractivity contribution < 1.29 is 14.4 Å². The minimum absolute atomic E-state index is 0.00663. The van der Waals surface area contributed by atoms with Crippen molar-refractivity contribution in [2.75, 3.05) is 10.2 Å². The molecule has 1 saturated heterocycles. The summed E-state index contributed by atoms with van der Waals surface area (Å²) in [4.78, 5) is 39.3. The highest BCUT2D eigenvalue weighted by Gasteiger charge is 2.48. The number of hydrogen-bond acceptors (Lipinski definition) is 3. The predicted octanol–water partition coefficient (Wildman–Crippen LogP) is 6.23. The van der Waals surface area contributed by atoms with Gasteiger partial charge in [0.1, 0.15) is 0 Å². The number of rotatable bonds is 12. The van der Waals surface area contributed by atoms with Gasteiger partial charge in [0.15, 0.2) is 0 Å². The molecule has 3 rings (SSSR count). The van der Waals surface area contributed by atoms with Gasteiger partial charge >= 0.3 is 0 Å². The van der Waals surface area contributed by atoms with E-state index < -0.39 is 0 Å². The summed E-state index contributed by atoms with van der Waals surface area (Å²) >= 11 is 0. The molecular formula is C26H38N2O3. The molecule has 1 N–H and O–H groups in total. The van der Waals surface area contributed by atoms with Crippen LogP contribution < -0.4 is 10.2 Å². The van der Waals surface area contributed by atoms with Crippen molar-refractivity contribution in [1.82, 2.24) is 0 Å². The lowest BCUT2D eigenvalue weighted by atomic mass is 9.81. The second-order valence-corrected chi connectivity index (χ2v) is 9.19. The molecule has 5 heteroatoms. The minimum Gasteiger partial charge on any atom is -0.326 e. The van der Waals surface area contributed by atoms with Crippen LogP contribution in [0.15, 0.2) is 24.3 Å². The molecule has 1 aromatic rings. The lowest BCUT2D eigenvalue weighted by Crippen LogP contribution is -2.30. The van der Waals surface area contributed by atoms with Gasteiger partial charge in [-0.1, -0.05) is 77.2 Å². The van der Waals surface area contributed by atoms with E-state index in [2.05, 4.69) is 12.2 Å². The third kappa shape index (κ3) is 6.41. The van der Waals surface area contributed by atoms with Crippen LogP contribution in [0.2, 0.25) is 0 Å². The number of fused-ring (bicyclic) bond motifs is 1. The normalized spacial score (nSPS) is 20.7. The Balaban J connectivity index is 1.43. The SMILES string of the molecule is CCCCCCCCCCCC(=O)Nc1cccc(N2C(=O)[C@H]3CCCC[C@@H]3C2=O)c1. The molecule has 2 fully saturated rings. The number of hydrogen-bond donors (Lipinski definition) is 1. The molecule has 0 radical (unpaired) electrons. The Hall–Kier alpha value is -2.17. The van der Waals surface area contributed by atoms with Crippen LogP contribution in [0.4, 0.5) is 11.4 Å².